The van der Waals surface area contributed by atoms with Gasteiger partial charge in [-0.3, -0.25) is 10.0 Å². The fourth-order valence-electron chi connectivity index (χ4n) is 4.15. The van der Waals surface area contributed by atoms with Crippen LogP contribution in [0.25, 0.3) is 21.1 Å². The first-order valence-corrected chi connectivity index (χ1v) is 12.0. The highest BCUT2D eigenvalue weighted by Crippen LogP contribution is 2.31. The Morgan fingerprint density at radius 1 is 1.15 bits per heavy atom. The van der Waals surface area contributed by atoms with E-state index in [0.717, 1.165) is 42.9 Å². The minimum absolute atomic E-state index is 0.0633. The third-order valence-corrected chi connectivity index (χ3v) is 7.10. The topological polar surface area (TPSA) is 76.4 Å². The van der Waals surface area contributed by atoms with Crippen molar-refractivity contribution in [3.05, 3.63) is 93.6 Å². The molecule has 2 aromatic heterocycles. The molecule has 8 heteroatoms. The second kappa shape index (κ2) is 9.46. The standard InChI is InChI=1S/C26H22ClN3O3S/c1-16-20(13-25(31)29-32)21-12-19(33-15-26-28-22-4-2-3-5-24(22)34-26)10-11-23(21)30(16)14-17-6-8-18(27)9-7-17/h2-12,32H,13-15H2,1H3,(H,29,31). The molecule has 0 aliphatic heterocycles. The van der Waals surface area contributed by atoms with Gasteiger partial charge in [0.15, 0.2) is 0 Å². The summed E-state index contributed by atoms with van der Waals surface area (Å²) in [6.45, 7) is 2.98. The second-order valence-corrected chi connectivity index (χ2v) is 9.58. The lowest BCUT2D eigenvalue weighted by Crippen LogP contribution is -2.21. The van der Waals surface area contributed by atoms with Crippen LogP contribution in [-0.2, 0) is 24.4 Å². The predicted octanol–water partition coefficient (Wildman–Crippen LogP) is 5.89. The van der Waals surface area contributed by atoms with Gasteiger partial charge in [0.1, 0.15) is 17.4 Å². The molecule has 0 saturated carbocycles. The first-order valence-electron chi connectivity index (χ1n) is 10.8. The van der Waals surface area contributed by atoms with Crippen molar-refractivity contribution in [2.75, 3.05) is 0 Å². The van der Waals surface area contributed by atoms with Crippen LogP contribution in [0.2, 0.25) is 5.02 Å². The van der Waals surface area contributed by atoms with Crippen LogP contribution in [0.3, 0.4) is 0 Å². The zero-order valence-electron chi connectivity index (χ0n) is 18.4. The Morgan fingerprint density at radius 3 is 2.71 bits per heavy atom. The number of fused-ring (bicyclic) bond motifs is 2. The van der Waals surface area contributed by atoms with E-state index in [0.29, 0.717) is 23.9 Å². The maximum absolute atomic E-state index is 12.0. The summed E-state index contributed by atoms with van der Waals surface area (Å²) in [5, 5.41) is 11.6. The van der Waals surface area contributed by atoms with E-state index in [-0.39, 0.29) is 6.42 Å². The lowest BCUT2D eigenvalue weighted by molar-refractivity contribution is -0.128. The lowest BCUT2D eigenvalue weighted by atomic mass is 10.1. The molecule has 0 saturated heterocycles. The number of nitrogens with zero attached hydrogens (tertiary/aromatic N) is 2. The first-order chi connectivity index (χ1) is 16.5. The van der Waals surface area contributed by atoms with E-state index < -0.39 is 5.91 Å². The van der Waals surface area contributed by atoms with Crippen molar-refractivity contribution in [2.45, 2.75) is 26.5 Å². The Morgan fingerprint density at radius 2 is 1.94 bits per heavy atom. The molecule has 0 spiro atoms. The van der Waals surface area contributed by atoms with Crippen molar-refractivity contribution >= 4 is 50.0 Å². The smallest absolute Gasteiger partial charge is 0.247 e. The van der Waals surface area contributed by atoms with E-state index in [1.165, 1.54) is 0 Å². The molecule has 0 atom stereocenters. The number of ether oxygens (including phenoxy) is 1. The molecule has 0 unspecified atom stereocenters. The molecule has 0 aliphatic rings. The number of amides is 1. The number of carbonyl (C=O) groups is 1. The van der Waals surface area contributed by atoms with Crippen LogP contribution in [0, 0.1) is 6.92 Å². The van der Waals surface area contributed by atoms with Crippen molar-refractivity contribution in [1.82, 2.24) is 15.0 Å². The van der Waals surface area contributed by atoms with E-state index in [9.17, 15) is 4.79 Å². The van der Waals surface area contributed by atoms with Gasteiger partial charge in [0.05, 0.1) is 16.6 Å². The SMILES string of the molecule is Cc1c(CC(=O)NO)c2cc(OCc3nc4ccccc4s3)ccc2n1Cc1ccc(Cl)cc1. The monoisotopic (exact) mass is 491 g/mol. The fourth-order valence-corrected chi connectivity index (χ4v) is 5.15. The highest BCUT2D eigenvalue weighted by molar-refractivity contribution is 7.18. The van der Waals surface area contributed by atoms with Crippen LogP contribution in [0.15, 0.2) is 66.7 Å². The number of para-hydroxylation sites is 1. The van der Waals surface area contributed by atoms with E-state index in [2.05, 4.69) is 9.55 Å². The average molecular weight is 492 g/mol. The maximum atomic E-state index is 12.0. The molecular weight excluding hydrogens is 470 g/mol. The predicted molar refractivity (Wildman–Crippen MR) is 135 cm³/mol. The summed E-state index contributed by atoms with van der Waals surface area (Å²) in [5.74, 6) is 0.232. The zero-order chi connectivity index (χ0) is 23.7. The number of halogens is 1. The van der Waals surface area contributed by atoms with Gasteiger partial charge in [0.25, 0.3) is 0 Å². The van der Waals surface area contributed by atoms with Crippen molar-refractivity contribution in [2.24, 2.45) is 0 Å². The van der Waals surface area contributed by atoms with Crippen LogP contribution < -0.4 is 10.2 Å². The normalized spacial score (nSPS) is 11.3. The Hall–Kier alpha value is -3.39. The lowest BCUT2D eigenvalue weighted by Gasteiger charge is -2.10. The van der Waals surface area contributed by atoms with Gasteiger partial charge in [-0.2, -0.15) is 0 Å². The summed E-state index contributed by atoms with van der Waals surface area (Å²) >= 11 is 7.65. The van der Waals surface area contributed by atoms with Gasteiger partial charge in [-0.15, -0.1) is 11.3 Å². The molecule has 5 aromatic rings. The van der Waals surface area contributed by atoms with Crippen molar-refractivity contribution in [1.29, 1.82) is 0 Å². The molecule has 172 valence electrons. The number of hydroxylamine groups is 1. The highest BCUT2D eigenvalue weighted by Gasteiger charge is 2.18. The Balaban J connectivity index is 1.47. The molecule has 2 N–H and O–H groups in total. The van der Waals surface area contributed by atoms with Gasteiger partial charge in [-0.05, 0) is 60.5 Å². The molecule has 0 aliphatic carbocycles. The van der Waals surface area contributed by atoms with E-state index in [1.54, 1.807) is 16.8 Å². The van der Waals surface area contributed by atoms with Gasteiger partial charge in [0, 0.05) is 28.2 Å². The van der Waals surface area contributed by atoms with Crippen LogP contribution in [0.5, 0.6) is 5.75 Å². The van der Waals surface area contributed by atoms with Crippen LogP contribution in [0.1, 0.15) is 21.8 Å². The quantitative estimate of drug-likeness (QED) is 0.220. The molecule has 1 amide bonds. The number of aromatic nitrogens is 2. The third kappa shape index (κ3) is 4.50. The molecule has 3 aromatic carbocycles. The minimum Gasteiger partial charge on any atom is -0.486 e. The Bertz CT molecular complexity index is 1460. The maximum Gasteiger partial charge on any atom is 0.247 e. The van der Waals surface area contributed by atoms with E-state index >= 15 is 0 Å². The molecule has 0 fully saturated rings. The molecule has 2 heterocycles. The molecular formula is C26H22ClN3O3S. The summed E-state index contributed by atoms with van der Waals surface area (Å²) < 4.78 is 9.36. The largest absolute Gasteiger partial charge is 0.486 e. The van der Waals surface area contributed by atoms with Crippen LogP contribution in [-0.4, -0.2) is 20.7 Å². The van der Waals surface area contributed by atoms with E-state index in [4.69, 9.17) is 21.5 Å². The second-order valence-electron chi connectivity index (χ2n) is 8.03. The summed E-state index contributed by atoms with van der Waals surface area (Å²) in [6, 6.07) is 21.6. The van der Waals surface area contributed by atoms with Crippen LogP contribution in [0.4, 0.5) is 0 Å². The van der Waals surface area contributed by atoms with Gasteiger partial charge in [-0.1, -0.05) is 35.9 Å². The number of rotatable bonds is 7. The van der Waals surface area contributed by atoms with Gasteiger partial charge in [0.2, 0.25) is 5.91 Å². The first kappa shape index (κ1) is 22.4. The van der Waals surface area contributed by atoms with Gasteiger partial charge in [-0.25, -0.2) is 10.5 Å². The third-order valence-electron chi connectivity index (χ3n) is 5.84. The average Bonchev–Trinajstić information content (AvgIpc) is 3.38. The summed E-state index contributed by atoms with van der Waals surface area (Å²) in [7, 11) is 0. The number of hydrogen-bond acceptors (Lipinski definition) is 5. The number of nitrogens with one attached hydrogen (secondary N) is 1. The zero-order valence-corrected chi connectivity index (χ0v) is 20.0. The summed E-state index contributed by atoms with van der Waals surface area (Å²) in [5.41, 5.74) is 6.60. The number of benzene rings is 3. The van der Waals surface area contributed by atoms with Crippen LogP contribution >= 0.6 is 22.9 Å². The molecule has 6 nitrogen and oxygen atoms in total. The summed E-state index contributed by atoms with van der Waals surface area (Å²) in [6.07, 6.45) is 0.0633. The Labute approximate surface area is 205 Å². The van der Waals surface area contributed by atoms with Gasteiger partial charge >= 0.3 is 0 Å². The van der Waals surface area contributed by atoms with Crippen molar-refractivity contribution in [3.8, 4) is 5.75 Å². The molecule has 0 radical (unpaired) electrons. The molecule has 0 bridgehead atoms. The van der Waals surface area contributed by atoms with E-state index in [1.807, 2.05) is 73.7 Å². The molecule has 5 rings (SSSR count). The highest BCUT2D eigenvalue weighted by atomic mass is 35.5. The summed E-state index contributed by atoms with van der Waals surface area (Å²) in [4.78, 5) is 16.7. The number of thiazole rings is 1. The van der Waals surface area contributed by atoms with Gasteiger partial charge < -0.3 is 9.30 Å². The van der Waals surface area contributed by atoms with Crippen molar-refractivity contribution < 1.29 is 14.7 Å². The molecule has 34 heavy (non-hydrogen) atoms. The minimum atomic E-state index is -0.463. The van der Waals surface area contributed by atoms with Crippen molar-refractivity contribution in [3.63, 3.8) is 0 Å². The Kier molecular flexibility index (Phi) is 6.24. The fraction of sp³-hybridized carbons (Fsp3) is 0.154. The number of carbonyl (C=O) groups excluding carboxylic acids is 1. The number of hydrogen-bond donors (Lipinski definition) is 2.